The molecule has 4 rings (SSSR count). The topological polar surface area (TPSA) is 105 Å². The number of fused-ring (bicyclic) bond motifs is 3. The van der Waals surface area contributed by atoms with Gasteiger partial charge in [0.2, 0.25) is 5.91 Å². The third kappa shape index (κ3) is 5.18. The van der Waals surface area contributed by atoms with Gasteiger partial charge in [-0.3, -0.25) is 9.59 Å². The van der Waals surface area contributed by atoms with E-state index in [2.05, 4.69) is 34.9 Å². The van der Waals surface area contributed by atoms with E-state index >= 15 is 0 Å². The summed E-state index contributed by atoms with van der Waals surface area (Å²) in [4.78, 5) is 35.9. The van der Waals surface area contributed by atoms with E-state index in [0.29, 0.717) is 0 Å². The van der Waals surface area contributed by atoms with Gasteiger partial charge in [-0.15, -0.1) is 0 Å². The fraction of sp³-hybridized carbons (Fsp3) is 0.423. The van der Waals surface area contributed by atoms with Crippen LogP contribution >= 0.6 is 0 Å². The molecule has 2 aromatic rings. The Bertz CT molecular complexity index is 991. The summed E-state index contributed by atoms with van der Waals surface area (Å²) in [6, 6.07) is 15.3. The number of hydrogen-bond acceptors (Lipinski definition) is 4. The van der Waals surface area contributed by atoms with Crippen LogP contribution in [0.4, 0.5) is 4.79 Å². The first kappa shape index (κ1) is 22.8. The SMILES string of the molecule is C[C@H](NC(=O)CC1CCCCC1NC(=O)OCC1c2ccccc2-c2ccccc21)C(=O)O. The molecule has 2 unspecified atom stereocenters. The summed E-state index contributed by atoms with van der Waals surface area (Å²) < 4.78 is 5.66. The van der Waals surface area contributed by atoms with Gasteiger partial charge in [0.05, 0.1) is 0 Å². The number of carbonyl (C=O) groups excluding carboxylic acids is 2. The highest BCUT2D eigenvalue weighted by molar-refractivity contribution is 5.83. The van der Waals surface area contributed by atoms with Gasteiger partial charge in [-0.05, 0) is 47.9 Å². The van der Waals surface area contributed by atoms with Crippen molar-refractivity contribution in [2.45, 2.75) is 57.0 Å². The van der Waals surface area contributed by atoms with Crippen molar-refractivity contribution in [1.29, 1.82) is 0 Å². The van der Waals surface area contributed by atoms with Crippen LogP contribution in [0.1, 0.15) is 56.1 Å². The quantitative estimate of drug-likeness (QED) is 0.590. The molecule has 0 saturated heterocycles. The lowest BCUT2D eigenvalue weighted by Gasteiger charge is -2.31. The van der Waals surface area contributed by atoms with Crippen molar-refractivity contribution in [2.24, 2.45) is 5.92 Å². The number of carboxylic acid groups (broad SMARTS) is 1. The molecule has 0 radical (unpaired) electrons. The zero-order valence-corrected chi connectivity index (χ0v) is 18.8. The molecule has 3 atom stereocenters. The highest BCUT2D eigenvalue weighted by Crippen LogP contribution is 2.44. The van der Waals surface area contributed by atoms with Crippen molar-refractivity contribution < 1.29 is 24.2 Å². The summed E-state index contributed by atoms with van der Waals surface area (Å²) in [6.45, 7) is 1.68. The highest BCUT2D eigenvalue weighted by atomic mass is 16.5. The van der Waals surface area contributed by atoms with Crippen LogP contribution in [0.3, 0.4) is 0 Å². The van der Waals surface area contributed by atoms with E-state index in [4.69, 9.17) is 9.84 Å². The van der Waals surface area contributed by atoms with E-state index in [0.717, 1.165) is 36.8 Å². The lowest BCUT2D eigenvalue weighted by atomic mass is 9.82. The van der Waals surface area contributed by atoms with Gasteiger partial charge in [0.25, 0.3) is 0 Å². The van der Waals surface area contributed by atoms with E-state index < -0.39 is 18.1 Å². The monoisotopic (exact) mass is 450 g/mol. The second-order valence-corrected chi connectivity index (χ2v) is 8.95. The first-order valence-corrected chi connectivity index (χ1v) is 11.6. The lowest BCUT2D eigenvalue weighted by molar-refractivity contribution is -0.141. The normalized spacial score (nSPS) is 20.3. The first-order valence-electron chi connectivity index (χ1n) is 11.6. The Kier molecular flexibility index (Phi) is 6.96. The molecule has 2 amide bonds. The lowest BCUT2D eigenvalue weighted by Crippen LogP contribution is -2.45. The molecule has 0 aliphatic heterocycles. The number of amides is 2. The molecular formula is C26H30N2O5. The van der Waals surface area contributed by atoms with Gasteiger partial charge >= 0.3 is 12.1 Å². The number of aliphatic carboxylic acids is 1. The van der Waals surface area contributed by atoms with Gasteiger partial charge in [-0.1, -0.05) is 61.4 Å². The third-order valence-corrected chi connectivity index (χ3v) is 6.75. The van der Waals surface area contributed by atoms with Crippen LogP contribution in [0.2, 0.25) is 0 Å². The van der Waals surface area contributed by atoms with Crippen molar-refractivity contribution in [3.8, 4) is 11.1 Å². The zero-order chi connectivity index (χ0) is 23.4. The predicted octanol–water partition coefficient (Wildman–Crippen LogP) is 4.06. The highest BCUT2D eigenvalue weighted by Gasteiger charge is 2.32. The largest absolute Gasteiger partial charge is 0.480 e. The van der Waals surface area contributed by atoms with Crippen LogP contribution < -0.4 is 10.6 Å². The molecule has 0 heterocycles. The van der Waals surface area contributed by atoms with Gasteiger partial charge < -0.3 is 20.5 Å². The number of hydrogen-bond donors (Lipinski definition) is 3. The first-order chi connectivity index (χ1) is 15.9. The molecule has 2 aliphatic carbocycles. The van der Waals surface area contributed by atoms with Gasteiger partial charge in [0, 0.05) is 18.4 Å². The average Bonchev–Trinajstić information content (AvgIpc) is 3.12. The number of carboxylic acids is 1. The Labute approximate surface area is 193 Å². The summed E-state index contributed by atoms with van der Waals surface area (Å²) in [5.41, 5.74) is 4.67. The van der Waals surface area contributed by atoms with Gasteiger partial charge in [0.15, 0.2) is 0 Å². The third-order valence-electron chi connectivity index (χ3n) is 6.75. The minimum absolute atomic E-state index is 0.00594. The van der Waals surface area contributed by atoms with Crippen LogP contribution in [-0.2, 0) is 14.3 Å². The average molecular weight is 451 g/mol. The van der Waals surface area contributed by atoms with E-state index in [1.165, 1.54) is 18.1 Å². The van der Waals surface area contributed by atoms with E-state index in [1.807, 2.05) is 24.3 Å². The van der Waals surface area contributed by atoms with Crippen LogP contribution in [0.5, 0.6) is 0 Å². The molecule has 7 heteroatoms. The summed E-state index contributed by atoms with van der Waals surface area (Å²) in [6.07, 6.45) is 3.24. The molecular weight excluding hydrogens is 420 g/mol. The maximum atomic E-state index is 12.7. The molecule has 3 N–H and O–H groups in total. The molecule has 2 aliphatic rings. The Morgan fingerprint density at radius 1 is 1.00 bits per heavy atom. The van der Waals surface area contributed by atoms with Crippen molar-refractivity contribution in [3.63, 3.8) is 0 Å². The summed E-state index contributed by atoms with van der Waals surface area (Å²) >= 11 is 0. The van der Waals surface area contributed by atoms with Crippen molar-refractivity contribution in [2.75, 3.05) is 6.61 Å². The van der Waals surface area contributed by atoms with Crippen molar-refractivity contribution in [3.05, 3.63) is 59.7 Å². The summed E-state index contributed by atoms with van der Waals surface area (Å²) in [5, 5.41) is 14.5. The van der Waals surface area contributed by atoms with Crippen LogP contribution in [0, 0.1) is 5.92 Å². The fourth-order valence-corrected chi connectivity index (χ4v) is 5.03. The van der Waals surface area contributed by atoms with Crippen molar-refractivity contribution >= 4 is 18.0 Å². The van der Waals surface area contributed by atoms with Crippen LogP contribution in [-0.4, -0.2) is 41.8 Å². The predicted molar refractivity (Wildman–Crippen MR) is 124 cm³/mol. The number of benzene rings is 2. The molecule has 0 aromatic heterocycles. The molecule has 0 bridgehead atoms. The molecule has 174 valence electrons. The van der Waals surface area contributed by atoms with Crippen LogP contribution in [0.25, 0.3) is 11.1 Å². The molecule has 1 fully saturated rings. The number of nitrogens with one attached hydrogen (secondary N) is 2. The molecule has 33 heavy (non-hydrogen) atoms. The Morgan fingerprint density at radius 3 is 2.24 bits per heavy atom. The van der Waals surface area contributed by atoms with Crippen molar-refractivity contribution in [1.82, 2.24) is 10.6 Å². The minimum atomic E-state index is -1.07. The number of ether oxygens (including phenoxy) is 1. The number of carbonyl (C=O) groups is 3. The Balaban J connectivity index is 1.35. The van der Waals surface area contributed by atoms with Gasteiger partial charge in [0.1, 0.15) is 12.6 Å². The Hall–Kier alpha value is -3.35. The standard InChI is InChI=1S/C26H30N2O5/c1-16(25(30)31)27-24(29)14-17-8-2-7-13-23(17)28-26(32)33-15-22-20-11-5-3-9-18(20)19-10-4-6-12-21(19)22/h3-6,9-12,16-17,22-23H,2,7-8,13-15H2,1H3,(H,27,29)(H,28,32)(H,30,31)/t16-,17?,23?/m0/s1. The summed E-state index contributed by atoms with van der Waals surface area (Å²) in [5.74, 6) is -1.43. The molecule has 7 nitrogen and oxygen atoms in total. The smallest absolute Gasteiger partial charge is 0.407 e. The Morgan fingerprint density at radius 2 is 1.61 bits per heavy atom. The molecule has 0 spiro atoms. The fourth-order valence-electron chi connectivity index (χ4n) is 5.03. The van der Waals surface area contributed by atoms with E-state index in [-0.39, 0.29) is 36.8 Å². The van der Waals surface area contributed by atoms with E-state index in [9.17, 15) is 14.4 Å². The van der Waals surface area contributed by atoms with Gasteiger partial charge in [-0.2, -0.15) is 0 Å². The zero-order valence-electron chi connectivity index (χ0n) is 18.8. The van der Waals surface area contributed by atoms with Crippen LogP contribution in [0.15, 0.2) is 48.5 Å². The number of alkyl carbamates (subject to hydrolysis) is 1. The minimum Gasteiger partial charge on any atom is -0.480 e. The van der Waals surface area contributed by atoms with Gasteiger partial charge in [-0.25, -0.2) is 4.79 Å². The maximum Gasteiger partial charge on any atom is 0.407 e. The second-order valence-electron chi connectivity index (χ2n) is 8.95. The number of rotatable bonds is 7. The maximum absolute atomic E-state index is 12.7. The van der Waals surface area contributed by atoms with E-state index in [1.54, 1.807) is 0 Å². The second kappa shape index (κ2) is 10.1. The summed E-state index contributed by atoms with van der Waals surface area (Å²) in [7, 11) is 0. The molecule has 2 aromatic carbocycles. The molecule has 1 saturated carbocycles.